The lowest BCUT2D eigenvalue weighted by Gasteiger charge is -2.20. The largest absolute Gasteiger partial charge is 0.349 e. The van der Waals surface area contributed by atoms with Crippen molar-refractivity contribution in [2.75, 3.05) is 11.9 Å². The van der Waals surface area contributed by atoms with Crippen molar-refractivity contribution in [1.82, 2.24) is 4.98 Å². The standard InChI is InChI=1S/C11H19N3S/c1-7(2)14(3)11-13-10-8(12)5-4-6-9(10)15-11/h7-8H,4-6,12H2,1-3H3. The summed E-state index contributed by atoms with van der Waals surface area (Å²) in [6.07, 6.45) is 3.45. The van der Waals surface area contributed by atoms with Crippen LogP contribution in [0.1, 0.15) is 43.3 Å². The molecule has 0 radical (unpaired) electrons. The predicted octanol–water partition coefficient (Wildman–Crippen LogP) is 2.32. The fourth-order valence-electron chi connectivity index (χ4n) is 1.81. The van der Waals surface area contributed by atoms with Gasteiger partial charge in [-0.25, -0.2) is 4.98 Å². The highest BCUT2D eigenvalue weighted by Crippen LogP contribution is 2.35. The molecule has 15 heavy (non-hydrogen) atoms. The highest BCUT2D eigenvalue weighted by Gasteiger charge is 2.23. The zero-order valence-corrected chi connectivity index (χ0v) is 10.5. The SMILES string of the molecule is CC(C)N(C)c1nc2c(s1)CCCC2N. The van der Waals surface area contributed by atoms with Crippen molar-refractivity contribution in [3.63, 3.8) is 0 Å². The molecule has 1 aliphatic rings. The number of thiazole rings is 1. The van der Waals surface area contributed by atoms with Crippen molar-refractivity contribution in [3.8, 4) is 0 Å². The third-order valence-electron chi connectivity index (χ3n) is 3.06. The second-order valence-corrected chi connectivity index (χ2v) is 5.57. The number of aromatic nitrogens is 1. The summed E-state index contributed by atoms with van der Waals surface area (Å²) in [5.74, 6) is 0. The molecule has 0 amide bonds. The zero-order chi connectivity index (χ0) is 11.0. The minimum Gasteiger partial charge on any atom is -0.349 e. The molecule has 1 aromatic rings. The summed E-state index contributed by atoms with van der Waals surface area (Å²) >= 11 is 1.81. The van der Waals surface area contributed by atoms with E-state index >= 15 is 0 Å². The average molecular weight is 225 g/mol. The lowest BCUT2D eigenvalue weighted by Crippen LogP contribution is -2.25. The summed E-state index contributed by atoms with van der Waals surface area (Å²) in [6, 6.07) is 0.660. The van der Waals surface area contributed by atoms with Crippen molar-refractivity contribution in [2.45, 2.75) is 45.2 Å². The molecule has 1 unspecified atom stereocenters. The third-order valence-corrected chi connectivity index (χ3v) is 4.28. The molecule has 0 fully saturated rings. The second-order valence-electron chi connectivity index (χ2n) is 4.51. The molecule has 0 saturated heterocycles. The summed E-state index contributed by atoms with van der Waals surface area (Å²) in [7, 11) is 2.10. The number of hydrogen-bond donors (Lipinski definition) is 1. The molecule has 84 valence electrons. The van der Waals surface area contributed by atoms with Gasteiger partial charge in [-0.15, -0.1) is 11.3 Å². The first-order valence-corrected chi connectivity index (χ1v) is 6.39. The number of rotatable bonds is 2. The van der Waals surface area contributed by atoms with Crippen LogP contribution >= 0.6 is 11.3 Å². The van der Waals surface area contributed by atoms with Crippen LogP contribution in [0.4, 0.5) is 5.13 Å². The van der Waals surface area contributed by atoms with E-state index in [1.807, 2.05) is 11.3 Å². The van der Waals surface area contributed by atoms with Gasteiger partial charge in [-0.1, -0.05) is 0 Å². The van der Waals surface area contributed by atoms with Gasteiger partial charge in [0.15, 0.2) is 5.13 Å². The molecule has 2 rings (SSSR count). The van der Waals surface area contributed by atoms with Gasteiger partial charge in [0.2, 0.25) is 0 Å². The van der Waals surface area contributed by atoms with Crippen LogP contribution in [0.25, 0.3) is 0 Å². The van der Waals surface area contributed by atoms with Gasteiger partial charge in [0.05, 0.1) is 5.69 Å². The van der Waals surface area contributed by atoms with Gasteiger partial charge in [0.25, 0.3) is 0 Å². The van der Waals surface area contributed by atoms with Crippen LogP contribution < -0.4 is 10.6 Å². The molecule has 0 saturated carbocycles. The van der Waals surface area contributed by atoms with E-state index in [-0.39, 0.29) is 6.04 Å². The Hall–Kier alpha value is -0.610. The van der Waals surface area contributed by atoms with Crippen LogP contribution in [0.5, 0.6) is 0 Å². The minimum atomic E-state index is 0.166. The molecule has 1 atom stereocenters. The number of nitrogens with zero attached hydrogens (tertiary/aromatic N) is 2. The lowest BCUT2D eigenvalue weighted by atomic mass is 9.99. The molecule has 1 aromatic heterocycles. The first kappa shape index (κ1) is 10.9. The van der Waals surface area contributed by atoms with E-state index in [4.69, 9.17) is 5.73 Å². The van der Waals surface area contributed by atoms with Crippen molar-refractivity contribution >= 4 is 16.5 Å². The molecule has 4 heteroatoms. The number of nitrogens with two attached hydrogens (primary N) is 1. The highest BCUT2D eigenvalue weighted by atomic mass is 32.1. The van der Waals surface area contributed by atoms with Crippen molar-refractivity contribution in [1.29, 1.82) is 0 Å². The first-order valence-electron chi connectivity index (χ1n) is 5.57. The molecule has 2 N–H and O–H groups in total. The number of anilines is 1. The van der Waals surface area contributed by atoms with E-state index in [0.717, 1.165) is 23.7 Å². The lowest BCUT2D eigenvalue weighted by molar-refractivity contribution is 0.563. The topological polar surface area (TPSA) is 42.2 Å². The normalized spacial score (nSPS) is 20.5. The van der Waals surface area contributed by atoms with E-state index in [1.165, 1.54) is 11.3 Å². The Bertz CT molecular complexity index is 346. The van der Waals surface area contributed by atoms with Crippen LogP contribution in [0, 0.1) is 0 Å². The van der Waals surface area contributed by atoms with Crippen molar-refractivity contribution in [2.24, 2.45) is 5.73 Å². The van der Waals surface area contributed by atoms with Gasteiger partial charge in [-0.3, -0.25) is 0 Å². The Balaban J connectivity index is 2.29. The number of aryl methyl sites for hydroxylation is 1. The smallest absolute Gasteiger partial charge is 0.185 e. The molecular formula is C11H19N3S. The molecule has 0 spiro atoms. The zero-order valence-electron chi connectivity index (χ0n) is 9.66. The maximum absolute atomic E-state index is 6.06. The van der Waals surface area contributed by atoms with E-state index < -0.39 is 0 Å². The van der Waals surface area contributed by atoms with Crippen LogP contribution in [0.15, 0.2) is 0 Å². The Morgan fingerprint density at radius 1 is 1.53 bits per heavy atom. The van der Waals surface area contributed by atoms with Gasteiger partial charge < -0.3 is 10.6 Å². The second kappa shape index (κ2) is 4.10. The van der Waals surface area contributed by atoms with Crippen LogP contribution in [-0.4, -0.2) is 18.1 Å². The summed E-state index contributed by atoms with van der Waals surface area (Å²) < 4.78 is 0. The Morgan fingerprint density at radius 2 is 2.27 bits per heavy atom. The van der Waals surface area contributed by atoms with Gasteiger partial charge in [-0.05, 0) is 33.1 Å². The van der Waals surface area contributed by atoms with Gasteiger partial charge in [0, 0.05) is 24.0 Å². The molecule has 0 bridgehead atoms. The Kier molecular flexibility index (Phi) is 2.98. The summed E-state index contributed by atoms with van der Waals surface area (Å²) in [5, 5.41) is 1.12. The van der Waals surface area contributed by atoms with Crippen LogP contribution in [0.3, 0.4) is 0 Å². The summed E-state index contributed by atoms with van der Waals surface area (Å²) in [6.45, 7) is 4.36. The van der Waals surface area contributed by atoms with Gasteiger partial charge >= 0.3 is 0 Å². The maximum Gasteiger partial charge on any atom is 0.185 e. The van der Waals surface area contributed by atoms with E-state index in [0.29, 0.717) is 6.04 Å². The summed E-state index contributed by atoms with van der Waals surface area (Å²) in [5.41, 5.74) is 7.21. The molecule has 3 nitrogen and oxygen atoms in total. The van der Waals surface area contributed by atoms with E-state index in [1.54, 1.807) is 0 Å². The first-order chi connectivity index (χ1) is 7.09. The fraction of sp³-hybridized carbons (Fsp3) is 0.727. The van der Waals surface area contributed by atoms with Crippen LogP contribution in [0.2, 0.25) is 0 Å². The fourth-order valence-corrected chi connectivity index (χ4v) is 3.08. The molecule has 0 aromatic carbocycles. The van der Waals surface area contributed by atoms with Gasteiger partial charge in [-0.2, -0.15) is 0 Å². The predicted molar refractivity (Wildman–Crippen MR) is 65.5 cm³/mol. The Labute approximate surface area is 95.3 Å². The monoisotopic (exact) mass is 225 g/mol. The summed E-state index contributed by atoms with van der Waals surface area (Å²) in [4.78, 5) is 8.29. The molecule has 0 aliphatic heterocycles. The minimum absolute atomic E-state index is 0.166. The third kappa shape index (κ3) is 2.01. The maximum atomic E-state index is 6.06. The number of hydrogen-bond acceptors (Lipinski definition) is 4. The van der Waals surface area contributed by atoms with Crippen LogP contribution in [-0.2, 0) is 6.42 Å². The number of fused-ring (bicyclic) bond motifs is 1. The van der Waals surface area contributed by atoms with E-state index in [9.17, 15) is 0 Å². The quantitative estimate of drug-likeness (QED) is 0.840. The highest BCUT2D eigenvalue weighted by molar-refractivity contribution is 7.15. The Morgan fingerprint density at radius 3 is 2.87 bits per heavy atom. The molecule has 1 aliphatic carbocycles. The van der Waals surface area contributed by atoms with E-state index in [2.05, 4.69) is 30.8 Å². The average Bonchev–Trinajstić information content (AvgIpc) is 2.61. The molecule has 1 heterocycles. The van der Waals surface area contributed by atoms with Crippen molar-refractivity contribution in [3.05, 3.63) is 10.6 Å². The van der Waals surface area contributed by atoms with Gasteiger partial charge in [0.1, 0.15) is 0 Å². The van der Waals surface area contributed by atoms with Crippen molar-refractivity contribution < 1.29 is 0 Å². The molecular weight excluding hydrogens is 206 g/mol.